The molecule has 0 bridgehead atoms. The molecule has 1 saturated carbocycles. The first-order valence-corrected chi connectivity index (χ1v) is 11.1. The van der Waals surface area contributed by atoms with Crippen molar-refractivity contribution in [2.45, 2.75) is 76.1 Å². The summed E-state index contributed by atoms with van der Waals surface area (Å²) in [5, 5.41) is 40.0. The molecular weight excluding hydrogens is 408 g/mol. The molecule has 1 aromatic carbocycles. The van der Waals surface area contributed by atoms with Crippen molar-refractivity contribution >= 4 is 29.4 Å². The molecule has 0 aromatic heterocycles. The van der Waals surface area contributed by atoms with Gasteiger partial charge in [-0.3, -0.25) is 15.0 Å². The molecule has 1 aliphatic rings. The lowest BCUT2D eigenvalue weighted by molar-refractivity contribution is -0.129. The van der Waals surface area contributed by atoms with E-state index in [1.54, 1.807) is 29.7 Å². The smallest absolute Gasteiger partial charge is 0.243 e. The van der Waals surface area contributed by atoms with E-state index in [1.807, 2.05) is 0 Å². The largest absolute Gasteiger partial charge is 0.393 e. The molecule has 168 valence electrons. The Morgan fingerprint density at radius 1 is 1.17 bits per heavy atom. The predicted octanol–water partition coefficient (Wildman–Crippen LogP) is 3.39. The lowest BCUT2D eigenvalue weighted by atomic mass is 9.85. The zero-order chi connectivity index (χ0) is 21.9. The van der Waals surface area contributed by atoms with E-state index in [9.17, 15) is 20.1 Å². The molecular formula is C22H33ClN2O5. The van der Waals surface area contributed by atoms with Gasteiger partial charge in [0.1, 0.15) is 0 Å². The van der Waals surface area contributed by atoms with Gasteiger partial charge in [0.15, 0.2) is 0 Å². The predicted molar refractivity (Wildman–Crippen MR) is 116 cm³/mol. The molecule has 1 unspecified atom stereocenters. The average molecular weight is 441 g/mol. The van der Waals surface area contributed by atoms with Gasteiger partial charge in [0, 0.05) is 17.7 Å². The SMILES string of the molecule is O=C(CCCCCC[C@@H]1[C@@H](CCC(O)C=Nc2cccc(Cl)c2)[C@H](O)C[C@@H]1O)NO. The number of hydrogen-bond acceptors (Lipinski definition) is 6. The number of hydroxylamine groups is 1. The maximum Gasteiger partial charge on any atom is 0.243 e. The summed E-state index contributed by atoms with van der Waals surface area (Å²) in [7, 11) is 0. The van der Waals surface area contributed by atoms with Gasteiger partial charge in [-0.1, -0.05) is 36.9 Å². The molecule has 5 N–H and O–H groups in total. The third kappa shape index (κ3) is 8.32. The molecule has 2 rings (SSSR count). The minimum Gasteiger partial charge on any atom is -0.393 e. The van der Waals surface area contributed by atoms with Gasteiger partial charge in [-0.25, -0.2) is 5.48 Å². The molecule has 1 fully saturated rings. The van der Waals surface area contributed by atoms with Crippen molar-refractivity contribution in [3.63, 3.8) is 0 Å². The highest BCUT2D eigenvalue weighted by molar-refractivity contribution is 6.30. The number of rotatable bonds is 12. The van der Waals surface area contributed by atoms with E-state index >= 15 is 0 Å². The Labute approximate surface area is 182 Å². The highest BCUT2D eigenvalue weighted by Crippen LogP contribution is 2.39. The number of unbranched alkanes of at least 4 members (excludes halogenated alkanes) is 3. The van der Waals surface area contributed by atoms with E-state index in [-0.39, 0.29) is 17.7 Å². The maximum atomic E-state index is 11.0. The molecule has 1 aliphatic carbocycles. The molecule has 5 atom stereocenters. The van der Waals surface area contributed by atoms with E-state index in [2.05, 4.69) is 4.99 Å². The third-order valence-electron chi connectivity index (χ3n) is 5.84. The van der Waals surface area contributed by atoms with Crippen molar-refractivity contribution in [2.24, 2.45) is 16.8 Å². The van der Waals surface area contributed by atoms with Gasteiger partial charge >= 0.3 is 0 Å². The van der Waals surface area contributed by atoms with Crippen molar-refractivity contribution in [1.82, 2.24) is 5.48 Å². The van der Waals surface area contributed by atoms with Crippen LogP contribution in [0.1, 0.15) is 57.8 Å². The molecule has 8 heteroatoms. The summed E-state index contributed by atoms with van der Waals surface area (Å²) < 4.78 is 0. The minimum atomic E-state index is -0.729. The first-order valence-electron chi connectivity index (χ1n) is 10.7. The molecule has 0 spiro atoms. The van der Waals surface area contributed by atoms with E-state index in [4.69, 9.17) is 16.8 Å². The number of benzene rings is 1. The van der Waals surface area contributed by atoms with E-state index < -0.39 is 18.3 Å². The maximum absolute atomic E-state index is 11.0. The highest BCUT2D eigenvalue weighted by Gasteiger charge is 2.40. The monoisotopic (exact) mass is 440 g/mol. The molecule has 7 nitrogen and oxygen atoms in total. The second-order valence-electron chi connectivity index (χ2n) is 8.09. The zero-order valence-electron chi connectivity index (χ0n) is 17.2. The van der Waals surface area contributed by atoms with E-state index in [0.717, 1.165) is 25.7 Å². The van der Waals surface area contributed by atoms with Crippen LogP contribution in [0.25, 0.3) is 0 Å². The molecule has 1 aromatic rings. The van der Waals surface area contributed by atoms with Crippen LogP contribution in [-0.2, 0) is 4.79 Å². The lowest BCUT2D eigenvalue weighted by Gasteiger charge is -2.24. The number of carbonyl (C=O) groups is 1. The van der Waals surface area contributed by atoms with Gasteiger partial charge < -0.3 is 15.3 Å². The van der Waals surface area contributed by atoms with Crippen molar-refractivity contribution in [3.8, 4) is 0 Å². The normalized spacial score (nSPS) is 25.0. The van der Waals surface area contributed by atoms with Crippen LogP contribution >= 0.6 is 11.6 Å². The highest BCUT2D eigenvalue weighted by atomic mass is 35.5. The van der Waals surface area contributed by atoms with Crippen LogP contribution in [0.15, 0.2) is 29.3 Å². The second kappa shape index (κ2) is 13.0. The van der Waals surface area contributed by atoms with Crippen LogP contribution in [0.4, 0.5) is 5.69 Å². The standard InChI is InChI=1S/C22H33ClN2O5/c23-15-6-5-7-16(12-15)24-14-17(26)10-11-19-18(20(27)13-21(19)28)8-3-1-2-4-9-22(29)25-30/h5-7,12,14,17-21,26-28,30H,1-4,8-11,13H2,(H,25,29)/t17?,18-,19-,20+,21-/m1/s1. The first-order chi connectivity index (χ1) is 14.4. The zero-order valence-corrected chi connectivity index (χ0v) is 17.9. The average Bonchev–Trinajstić information content (AvgIpc) is 2.99. The summed E-state index contributed by atoms with van der Waals surface area (Å²) in [4.78, 5) is 15.2. The summed E-state index contributed by atoms with van der Waals surface area (Å²) in [6.45, 7) is 0. The molecule has 0 radical (unpaired) electrons. The van der Waals surface area contributed by atoms with Crippen LogP contribution in [0, 0.1) is 11.8 Å². The first kappa shape index (κ1) is 24.8. The molecule has 1 amide bonds. The van der Waals surface area contributed by atoms with Crippen LogP contribution in [0.2, 0.25) is 5.02 Å². The van der Waals surface area contributed by atoms with Crippen molar-refractivity contribution in [1.29, 1.82) is 0 Å². The Morgan fingerprint density at radius 3 is 2.57 bits per heavy atom. The van der Waals surface area contributed by atoms with Crippen LogP contribution in [0.5, 0.6) is 0 Å². The number of aliphatic hydroxyl groups is 3. The Hall–Kier alpha value is -1.51. The van der Waals surface area contributed by atoms with E-state index in [0.29, 0.717) is 42.8 Å². The van der Waals surface area contributed by atoms with Gasteiger partial charge in [-0.05, 0) is 62.1 Å². The Morgan fingerprint density at radius 2 is 1.87 bits per heavy atom. The Bertz CT molecular complexity index is 687. The molecule has 30 heavy (non-hydrogen) atoms. The minimum absolute atomic E-state index is 0.0119. The number of nitrogens with zero attached hydrogens (tertiary/aromatic N) is 1. The van der Waals surface area contributed by atoms with Crippen molar-refractivity contribution in [3.05, 3.63) is 29.3 Å². The number of aliphatic imine (C=N–C) groups is 1. The molecule has 0 aliphatic heterocycles. The summed E-state index contributed by atoms with van der Waals surface area (Å²) >= 11 is 5.93. The van der Waals surface area contributed by atoms with Gasteiger partial charge in [0.25, 0.3) is 0 Å². The van der Waals surface area contributed by atoms with Gasteiger partial charge in [-0.15, -0.1) is 0 Å². The Balaban J connectivity index is 1.74. The summed E-state index contributed by atoms with van der Waals surface area (Å²) in [5.41, 5.74) is 2.30. The van der Waals surface area contributed by atoms with E-state index in [1.165, 1.54) is 6.21 Å². The quantitative estimate of drug-likeness (QED) is 0.147. The number of nitrogens with one attached hydrogen (secondary N) is 1. The van der Waals surface area contributed by atoms with Crippen LogP contribution in [0.3, 0.4) is 0 Å². The summed E-state index contributed by atoms with van der Waals surface area (Å²) in [6, 6.07) is 7.08. The third-order valence-corrected chi connectivity index (χ3v) is 6.07. The number of aliphatic hydroxyl groups excluding tert-OH is 3. The summed E-state index contributed by atoms with van der Waals surface area (Å²) in [6.07, 6.45) is 5.66. The topological polar surface area (TPSA) is 122 Å². The number of hydrogen-bond donors (Lipinski definition) is 5. The number of amides is 1. The van der Waals surface area contributed by atoms with Crippen LogP contribution < -0.4 is 5.48 Å². The van der Waals surface area contributed by atoms with Crippen LogP contribution in [-0.4, -0.2) is 51.0 Å². The fraction of sp³-hybridized carbons (Fsp3) is 0.636. The van der Waals surface area contributed by atoms with Crippen molar-refractivity contribution < 1.29 is 25.3 Å². The van der Waals surface area contributed by atoms with Crippen molar-refractivity contribution in [2.75, 3.05) is 0 Å². The Kier molecular flexibility index (Phi) is 10.7. The fourth-order valence-corrected chi connectivity index (χ4v) is 4.41. The molecule has 0 saturated heterocycles. The second-order valence-corrected chi connectivity index (χ2v) is 8.53. The summed E-state index contributed by atoms with van der Waals surface area (Å²) in [5.74, 6) is -0.408. The molecule has 0 heterocycles. The van der Waals surface area contributed by atoms with Gasteiger partial charge in [-0.2, -0.15) is 0 Å². The number of halogens is 1. The fourth-order valence-electron chi connectivity index (χ4n) is 4.22. The number of carbonyl (C=O) groups excluding carboxylic acids is 1. The lowest BCUT2D eigenvalue weighted by Crippen LogP contribution is -2.24. The van der Waals surface area contributed by atoms with Gasteiger partial charge in [0.05, 0.1) is 24.0 Å². The van der Waals surface area contributed by atoms with Gasteiger partial charge in [0.2, 0.25) is 5.91 Å².